The number of aliphatic hydroxyl groups is 1. The molecular weight excluding hydrogens is 300 g/mol. The minimum absolute atomic E-state index is 0.0906. The minimum atomic E-state index is -0.604. The summed E-state index contributed by atoms with van der Waals surface area (Å²) < 4.78 is 4.90. The number of carbonyl (C=O) groups is 1. The highest BCUT2D eigenvalue weighted by Crippen LogP contribution is 2.28. The van der Waals surface area contributed by atoms with Crippen LogP contribution in [0.15, 0.2) is 42.5 Å². The molecule has 120 valence electrons. The van der Waals surface area contributed by atoms with Crippen molar-refractivity contribution < 1.29 is 19.6 Å². The van der Waals surface area contributed by atoms with Gasteiger partial charge in [-0.1, -0.05) is 12.1 Å². The number of nitrogens with zero attached hydrogens (tertiary/aromatic N) is 1. The smallest absolute Gasteiger partial charge is 0.311 e. The number of rotatable bonds is 5. The first kappa shape index (κ1) is 16.4. The first-order chi connectivity index (χ1) is 10.9. The Kier molecular flexibility index (Phi) is 4.92. The van der Waals surface area contributed by atoms with E-state index in [-0.39, 0.29) is 17.0 Å². The zero-order valence-electron chi connectivity index (χ0n) is 12.6. The predicted molar refractivity (Wildman–Crippen MR) is 84.7 cm³/mol. The molecule has 2 N–H and O–H groups in total. The maximum Gasteiger partial charge on any atom is 0.311 e. The van der Waals surface area contributed by atoms with Gasteiger partial charge in [0.1, 0.15) is 0 Å². The number of anilines is 1. The Bertz CT molecular complexity index is 726. The molecule has 0 fully saturated rings. The van der Waals surface area contributed by atoms with Crippen LogP contribution in [0.3, 0.4) is 0 Å². The summed E-state index contributed by atoms with van der Waals surface area (Å²) in [4.78, 5) is 22.6. The molecule has 0 aliphatic heterocycles. The molecule has 0 bridgehead atoms. The summed E-state index contributed by atoms with van der Waals surface area (Å²) in [5.74, 6) is -0.381. The van der Waals surface area contributed by atoms with E-state index in [4.69, 9.17) is 4.74 Å². The van der Waals surface area contributed by atoms with E-state index in [0.717, 1.165) is 5.56 Å². The highest BCUT2D eigenvalue weighted by atomic mass is 16.6. The lowest BCUT2D eigenvalue weighted by Crippen LogP contribution is -2.12. The Morgan fingerprint density at radius 1 is 1.26 bits per heavy atom. The highest BCUT2D eigenvalue weighted by molar-refractivity contribution is 6.04. The fourth-order valence-corrected chi connectivity index (χ4v) is 2.02. The molecule has 0 spiro atoms. The lowest BCUT2D eigenvalue weighted by Gasteiger charge is -2.09. The van der Waals surface area contributed by atoms with Gasteiger partial charge < -0.3 is 15.2 Å². The Labute approximate surface area is 132 Å². The molecule has 0 heterocycles. The number of nitro groups is 1. The fourth-order valence-electron chi connectivity index (χ4n) is 2.02. The Morgan fingerprint density at radius 3 is 2.43 bits per heavy atom. The van der Waals surface area contributed by atoms with Gasteiger partial charge in [-0.3, -0.25) is 14.9 Å². The lowest BCUT2D eigenvalue weighted by molar-refractivity contribution is -0.385. The molecule has 0 saturated heterocycles. The van der Waals surface area contributed by atoms with Crippen molar-refractivity contribution in [2.75, 3.05) is 12.4 Å². The van der Waals surface area contributed by atoms with E-state index < -0.39 is 16.9 Å². The van der Waals surface area contributed by atoms with Gasteiger partial charge in [0.2, 0.25) is 0 Å². The number of methoxy groups -OCH3 is 1. The molecule has 0 aliphatic rings. The fraction of sp³-hybridized carbons (Fsp3) is 0.188. The molecular formula is C16H16N2O5. The van der Waals surface area contributed by atoms with E-state index in [1.807, 2.05) is 0 Å². The van der Waals surface area contributed by atoms with Gasteiger partial charge in [-0.15, -0.1) is 0 Å². The van der Waals surface area contributed by atoms with Crippen LogP contribution in [0.2, 0.25) is 0 Å². The maximum absolute atomic E-state index is 12.2. The van der Waals surface area contributed by atoms with Crippen LogP contribution in [0.1, 0.15) is 28.9 Å². The van der Waals surface area contributed by atoms with Gasteiger partial charge in [-0.05, 0) is 36.8 Å². The number of amides is 1. The molecule has 0 aliphatic carbocycles. The third kappa shape index (κ3) is 3.83. The van der Waals surface area contributed by atoms with Gasteiger partial charge in [0.05, 0.1) is 18.1 Å². The van der Waals surface area contributed by atoms with E-state index in [1.54, 1.807) is 31.2 Å². The van der Waals surface area contributed by atoms with Crippen LogP contribution in [0.25, 0.3) is 0 Å². The Hall–Kier alpha value is -2.93. The van der Waals surface area contributed by atoms with Crippen LogP contribution in [0, 0.1) is 10.1 Å². The first-order valence-electron chi connectivity index (χ1n) is 6.84. The third-order valence-electron chi connectivity index (χ3n) is 3.29. The second kappa shape index (κ2) is 6.89. The van der Waals surface area contributed by atoms with Crippen molar-refractivity contribution in [2.45, 2.75) is 13.0 Å². The summed E-state index contributed by atoms with van der Waals surface area (Å²) >= 11 is 0. The van der Waals surface area contributed by atoms with E-state index in [1.165, 1.54) is 25.3 Å². The Morgan fingerprint density at radius 2 is 1.91 bits per heavy atom. The molecule has 23 heavy (non-hydrogen) atoms. The average molecular weight is 316 g/mol. The van der Waals surface area contributed by atoms with Gasteiger partial charge >= 0.3 is 5.69 Å². The largest absolute Gasteiger partial charge is 0.490 e. The SMILES string of the molecule is COc1ccc(C(=O)Nc2ccc(C(C)O)cc2)cc1[N+](=O)[O-]. The van der Waals surface area contributed by atoms with Crippen molar-refractivity contribution in [3.63, 3.8) is 0 Å². The second-order valence-corrected chi connectivity index (χ2v) is 4.90. The van der Waals surface area contributed by atoms with E-state index in [0.29, 0.717) is 5.69 Å². The monoisotopic (exact) mass is 316 g/mol. The molecule has 2 rings (SSSR count). The van der Waals surface area contributed by atoms with Gasteiger partial charge in [0, 0.05) is 17.3 Å². The van der Waals surface area contributed by atoms with E-state index in [2.05, 4.69) is 5.32 Å². The summed E-state index contributed by atoms with van der Waals surface area (Å²) in [6.07, 6.45) is -0.594. The number of nitrogens with one attached hydrogen (secondary N) is 1. The molecule has 2 aromatic carbocycles. The molecule has 1 amide bonds. The molecule has 2 aromatic rings. The molecule has 7 heteroatoms. The van der Waals surface area contributed by atoms with Crippen molar-refractivity contribution in [1.29, 1.82) is 0 Å². The summed E-state index contributed by atoms with van der Waals surface area (Å²) in [5.41, 5.74) is 1.13. The van der Waals surface area contributed by atoms with Gasteiger partial charge in [-0.2, -0.15) is 0 Å². The normalized spacial score (nSPS) is 11.6. The number of hydrogen-bond acceptors (Lipinski definition) is 5. The number of hydrogen-bond donors (Lipinski definition) is 2. The van der Waals surface area contributed by atoms with Gasteiger partial charge in [0.25, 0.3) is 5.91 Å². The molecule has 0 radical (unpaired) electrons. The Balaban J connectivity index is 2.20. The summed E-state index contributed by atoms with van der Waals surface area (Å²) in [7, 11) is 1.33. The standard InChI is InChI=1S/C16H16N2O5/c1-10(19)11-3-6-13(7-4-11)17-16(20)12-5-8-15(23-2)14(9-12)18(21)22/h3-10,19H,1-2H3,(H,17,20). The molecule has 1 atom stereocenters. The summed E-state index contributed by atoms with van der Waals surface area (Å²) in [6, 6.07) is 10.7. The lowest BCUT2D eigenvalue weighted by atomic mass is 10.1. The number of aliphatic hydroxyl groups excluding tert-OH is 1. The third-order valence-corrected chi connectivity index (χ3v) is 3.29. The van der Waals surface area contributed by atoms with E-state index in [9.17, 15) is 20.0 Å². The van der Waals surface area contributed by atoms with Crippen molar-refractivity contribution >= 4 is 17.3 Å². The first-order valence-corrected chi connectivity index (χ1v) is 6.84. The maximum atomic E-state index is 12.2. The van der Waals surface area contributed by atoms with E-state index >= 15 is 0 Å². The molecule has 7 nitrogen and oxygen atoms in total. The van der Waals surface area contributed by atoms with Gasteiger partial charge in [0.15, 0.2) is 5.75 Å². The highest BCUT2D eigenvalue weighted by Gasteiger charge is 2.18. The number of nitro benzene ring substituents is 1. The number of benzene rings is 2. The van der Waals surface area contributed by atoms with Crippen molar-refractivity contribution in [3.05, 3.63) is 63.7 Å². The number of ether oxygens (including phenoxy) is 1. The topological polar surface area (TPSA) is 102 Å². The molecule has 0 saturated carbocycles. The van der Waals surface area contributed by atoms with Crippen molar-refractivity contribution in [2.24, 2.45) is 0 Å². The average Bonchev–Trinajstić information content (AvgIpc) is 2.54. The number of carbonyl (C=O) groups excluding carboxylic acids is 1. The summed E-state index contributed by atoms with van der Waals surface area (Å²) in [6.45, 7) is 1.64. The van der Waals surface area contributed by atoms with Crippen LogP contribution in [0.5, 0.6) is 5.75 Å². The minimum Gasteiger partial charge on any atom is -0.490 e. The van der Waals surface area contributed by atoms with Crippen molar-refractivity contribution in [1.82, 2.24) is 0 Å². The van der Waals surface area contributed by atoms with Crippen molar-refractivity contribution in [3.8, 4) is 5.75 Å². The molecule has 0 aromatic heterocycles. The summed E-state index contributed by atoms with van der Waals surface area (Å²) in [5, 5.41) is 23.1. The van der Waals surface area contributed by atoms with Crippen LogP contribution < -0.4 is 10.1 Å². The van der Waals surface area contributed by atoms with Crippen LogP contribution in [-0.4, -0.2) is 23.0 Å². The van der Waals surface area contributed by atoms with Crippen LogP contribution in [-0.2, 0) is 0 Å². The quantitative estimate of drug-likeness (QED) is 0.652. The predicted octanol–water partition coefficient (Wildman–Crippen LogP) is 2.91. The van der Waals surface area contributed by atoms with Gasteiger partial charge in [-0.25, -0.2) is 0 Å². The zero-order chi connectivity index (χ0) is 17.0. The zero-order valence-corrected chi connectivity index (χ0v) is 12.6. The second-order valence-electron chi connectivity index (χ2n) is 4.90. The van der Waals surface area contributed by atoms with Crippen LogP contribution >= 0.6 is 0 Å². The molecule has 1 unspecified atom stereocenters. The van der Waals surface area contributed by atoms with Crippen LogP contribution in [0.4, 0.5) is 11.4 Å².